The first kappa shape index (κ1) is 15.8. The van der Waals surface area contributed by atoms with E-state index in [1.54, 1.807) is 0 Å². The second-order valence-electron chi connectivity index (χ2n) is 5.63. The molecule has 118 valence electrons. The molecule has 0 radical (unpaired) electrons. The third-order valence-corrected chi connectivity index (χ3v) is 4.93. The van der Waals surface area contributed by atoms with Gasteiger partial charge in [0.1, 0.15) is 0 Å². The van der Waals surface area contributed by atoms with E-state index in [-0.39, 0.29) is 0 Å². The van der Waals surface area contributed by atoms with E-state index in [4.69, 9.17) is 0 Å². The van der Waals surface area contributed by atoms with Crippen LogP contribution in [-0.4, -0.2) is 0 Å². The fraction of sp³-hybridized carbons (Fsp3) is 0.158. The van der Waals surface area contributed by atoms with Gasteiger partial charge < -0.3 is 0 Å². The summed E-state index contributed by atoms with van der Waals surface area (Å²) in [5.41, 5.74) is 4.00. The van der Waals surface area contributed by atoms with Crippen LogP contribution in [0.5, 0.6) is 0 Å². The lowest BCUT2D eigenvalue weighted by Crippen LogP contribution is -1.91. The van der Waals surface area contributed by atoms with E-state index in [1.807, 2.05) is 19.1 Å². The van der Waals surface area contributed by atoms with Crippen LogP contribution in [0.25, 0.3) is 10.4 Å². The monoisotopic (exact) mass is 332 g/mol. The summed E-state index contributed by atoms with van der Waals surface area (Å²) in [7, 11) is 0. The Bertz CT molecular complexity index is 842. The molecule has 0 saturated heterocycles. The lowest BCUT2D eigenvalue weighted by Gasteiger charge is -2.05. The molecule has 0 unspecified atom stereocenters. The van der Waals surface area contributed by atoms with E-state index in [0.717, 1.165) is 28.3 Å². The maximum absolute atomic E-state index is 13.4. The number of benzene rings is 2. The number of thiophene rings is 1. The van der Waals surface area contributed by atoms with Crippen LogP contribution in [0.3, 0.4) is 0 Å². The van der Waals surface area contributed by atoms with Gasteiger partial charge in [-0.25, -0.2) is 13.2 Å². The highest BCUT2D eigenvalue weighted by molar-refractivity contribution is 7.15. The Balaban J connectivity index is 1.90. The van der Waals surface area contributed by atoms with Crippen molar-refractivity contribution in [2.24, 2.45) is 0 Å². The Labute approximate surface area is 137 Å². The molecule has 3 aromatic rings. The number of halogens is 3. The molecule has 23 heavy (non-hydrogen) atoms. The summed E-state index contributed by atoms with van der Waals surface area (Å²) in [4.78, 5) is 1.82. The van der Waals surface area contributed by atoms with Crippen molar-refractivity contribution < 1.29 is 13.2 Å². The highest BCUT2D eigenvalue weighted by Crippen LogP contribution is 2.31. The molecule has 3 rings (SSSR count). The van der Waals surface area contributed by atoms with Crippen molar-refractivity contribution in [1.29, 1.82) is 0 Å². The van der Waals surface area contributed by atoms with Crippen LogP contribution in [-0.2, 0) is 6.42 Å². The summed E-state index contributed by atoms with van der Waals surface area (Å²) in [6, 6.07) is 12.1. The topological polar surface area (TPSA) is 0 Å². The summed E-state index contributed by atoms with van der Waals surface area (Å²) in [5, 5.41) is 0. The zero-order valence-electron chi connectivity index (χ0n) is 12.8. The second-order valence-corrected chi connectivity index (χ2v) is 6.79. The Morgan fingerprint density at radius 1 is 0.870 bits per heavy atom. The maximum atomic E-state index is 13.4. The van der Waals surface area contributed by atoms with E-state index in [9.17, 15) is 13.2 Å². The normalized spacial score (nSPS) is 11.0. The van der Waals surface area contributed by atoms with Crippen molar-refractivity contribution in [3.8, 4) is 10.4 Å². The van der Waals surface area contributed by atoms with E-state index in [0.29, 0.717) is 5.56 Å². The molecule has 0 amide bonds. The van der Waals surface area contributed by atoms with Gasteiger partial charge >= 0.3 is 0 Å². The zero-order valence-corrected chi connectivity index (χ0v) is 13.6. The molecule has 1 aromatic heterocycles. The number of hydrogen-bond acceptors (Lipinski definition) is 1. The summed E-state index contributed by atoms with van der Waals surface area (Å²) < 4.78 is 39.8. The standard InChI is InChI=1S/C19H15F3S/c1-11-3-4-12(2)13(7-11)8-15-5-6-18(23-15)14-9-16(20)19(22)17(21)10-14/h3-7,9-10H,8H2,1-2H3. The molecule has 0 N–H and O–H groups in total. The Morgan fingerprint density at radius 2 is 1.57 bits per heavy atom. The number of hydrogen-bond donors (Lipinski definition) is 0. The van der Waals surface area contributed by atoms with Crippen LogP contribution >= 0.6 is 11.3 Å². The van der Waals surface area contributed by atoms with E-state index in [2.05, 4.69) is 25.1 Å². The maximum Gasteiger partial charge on any atom is 0.194 e. The van der Waals surface area contributed by atoms with Crippen molar-refractivity contribution in [3.63, 3.8) is 0 Å². The van der Waals surface area contributed by atoms with Crippen LogP contribution in [0.2, 0.25) is 0 Å². The fourth-order valence-corrected chi connectivity index (χ4v) is 3.52. The second kappa shape index (κ2) is 6.20. The van der Waals surface area contributed by atoms with Gasteiger partial charge in [-0.1, -0.05) is 23.8 Å². The van der Waals surface area contributed by atoms with Gasteiger partial charge in [0, 0.05) is 16.2 Å². The molecule has 0 aliphatic carbocycles. The van der Waals surface area contributed by atoms with Crippen molar-refractivity contribution in [2.75, 3.05) is 0 Å². The van der Waals surface area contributed by atoms with Crippen molar-refractivity contribution in [3.05, 3.63) is 81.5 Å². The molecule has 0 atom stereocenters. The van der Waals surface area contributed by atoms with Crippen LogP contribution in [0.4, 0.5) is 13.2 Å². The quantitative estimate of drug-likeness (QED) is 0.513. The van der Waals surface area contributed by atoms with Gasteiger partial charge in [-0.05, 0) is 54.8 Å². The van der Waals surface area contributed by atoms with Crippen LogP contribution in [0.15, 0.2) is 42.5 Å². The van der Waals surface area contributed by atoms with Crippen molar-refractivity contribution in [2.45, 2.75) is 20.3 Å². The summed E-state index contributed by atoms with van der Waals surface area (Å²) in [5.74, 6) is -3.75. The fourth-order valence-electron chi connectivity index (χ4n) is 2.50. The van der Waals surface area contributed by atoms with Gasteiger partial charge in [0.15, 0.2) is 17.5 Å². The van der Waals surface area contributed by atoms with Gasteiger partial charge in [-0.3, -0.25) is 0 Å². The molecule has 2 aromatic carbocycles. The SMILES string of the molecule is Cc1ccc(C)c(Cc2ccc(-c3cc(F)c(F)c(F)c3)s2)c1. The first-order chi connectivity index (χ1) is 10.9. The molecule has 0 saturated carbocycles. The van der Waals surface area contributed by atoms with Gasteiger partial charge in [-0.15, -0.1) is 11.3 Å². The summed E-state index contributed by atoms with van der Waals surface area (Å²) in [6.07, 6.45) is 0.768. The molecular weight excluding hydrogens is 317 g/mol. The van der Waals surface area contributed by atoms with Crippen LogP contribution < -0.4 is 0 Å². The third-order valence-electron chi connectivity index (χ3n) is 3.80. The molecule has 0 fully saturated rings. The van der Waals surface area contributed by atoms with Crippen LogP contribution in [0, 0.1) is 31.3 Å². The van der Waals surface area contributed by atoms with Crippen molar-refractivity contribution >= 4 is 11.3 Å². The van der Waals surface area contributed by atoms with Crippen molar-refractivity contribution in [1.82, 2.24) is 0 Å². The molecule has 0 aliphatic heterocycles. The molecule has 0 nitrogen and oxygen atoms in total. The average molecular weight is 332 g/mol. The zero-order chi connectivity index (χ0) is 16.6. The lowest BCUT2D eigenvalue weighted by atomic mass is 10.0. The highest BCUT2D eigenvalue weighted by Gasteiger charge is 2.13. The Hall–Kier alpha value is -2.07. The smallest absolute Gasteiger partial charge is 0.194 e. The van der Waals surface area contributed by atoms with Gasteiger partial charge in [0.05, 0.1) is 0 Å². The van der Waals surface area contributed by atoms with Crippen LogP contribution in [0.1, 0.15) is 21.6 Å². The molecule has 1 heterocycles. The number of rotatable bonds is 3. The largest absolute Gasteiger partial charge is 0.204 e. The molecule has 0 aliphatic rings. The predicted octanol–water partition coefficient (Wildman–Crippen LogP) is 6.04. The van der Waals surface area contributed by atoms with E-state index in [1.165, 1.54) is 28.0 Å². The van der Waals surface area contributed by atoms with E-state index < -0.39 is 17.5 Å². The summed E-state index contributed by atoms with van der Waals surface area (Å²) in [6.45, 7) is 4.11. The minimum absolute atomic E-state index is 0.360. The molecule has 0 bridgehead atoms. The first-order valence-corrected chi connectivity index (χ1v) is 8.05. The Kier molecular flexibility index (Phi) is 4.26. The minimum Gasteiger partial charge on any atom is -0.204 e. The average Bonchev–Trinajstić information content (AvgIpc) is 2.96. The van der Waals surface area contributed by atoms with E-state index >= 15 is 0 Å². The number of aryl methyl sites for hydroxylation is 2. The van der Waals surface area contributed by atoms with Gasteiger partial charge in [0.2, 0.25) is 0 Å². The lowest BCUT2D eigenvalue weighted by molar-refractivity contribution is 0.448. The van der Waals surface area contributed by atoms with Gasteiger partial charge in [-0.2, -0.15) is 0 Å². The predicted molar refractivity (Wildman–Crippen MR) is 88.4 cm³/mol. The summed E-state index contributed by atoms with van der Waals surface area (Å²) >= 11 is 1.46. The molecular formula is C19H15F3S. The molecule has 4 heteroatoms. The Morgan fingerprint density at radius 3 is 2.26 bits per heavy atom. The molecule has 0 spiro atoms. The van der Waals surface area contributed by atoms with Gasteiger partial charge in [0.25, 0.3) is 0 Å². The minimum atomic E-state index is -1.43. The first-order valence-electron chi connectivity index (χ1n) is 7.24. The highest BCUT2D eigenvalue weighted by atomic mass is 32.1. The third kappa shape index (κ3) is 3.32.